The first-order valence-corrected chi connectivity index (χ1v) is 11.0. The van der Waals surface area contributed by atoms with E-state index in [1.807, 2.05) is 0 Å². The summed E-state index contributed by atoms with van der Waals surface area (Å²) in [5, 5.41) is 38.5. The van der Waals surface area contributed by atoms with E-state index < -0.39 is 37.3 Å². The molecule has 0 aromatic carbocycles. The maximum absolute atomic E-state index is 9.88. The predicted molar refractivity (Wildman–Crippen MR) is 105 cm³/mol. The Hall–Kier alpha value is -0.240. The molecule has 1 aliphatic heterocycles. The summed E-state index contributed by atoms with van der Waals surface area (Å²) in [5.74, 6) is 0. The van der Waals surface area contributed by atoms with E-state index in [2.05, 4.69) is 6.92 Å². The monoisotopic (exact) mass is 390 g/mol. The zero-order valence-electron chi connectivity index (χ0n) is 17.1. The van der Waals surface area contributed by atoms with Crippen molar-refractivity contribution in [2.75, 3.05) is 13.2 Å². The van der Waals surface area contributed by atoms with Crippen molar-refractivity contribution in [2.24, 2.45) is 0 Å². The highest BCUT2D eigenvalue weighted by molar-refractivity contribution is 4.88. The van der Waals surface area contributed by atoms with E-state index in [0.717, 1.165) is 12.8 Å². The lowest BCUT2D eigenvalue weighted by Crippen LogP contribution is -2.59. The Morgan fingerprint density at radius 1 is 0.667 bits per heavy atom. The van der Waals surface area contributed by atoms with Gasteiger partial charge in [0, 0.05) is 6.61 Å². The van der Waals surface area contributed by atoms with E-state index in [1.165, 1.54) is 70.6 Å². The van der Waals surface area contributed by atoms with Gasteiger partial charge in [-0.2, -0.15) is 0 Å². The fourth-order valence-corrected chi connectivity index (χ4v) is 3.52. The van der Waals surface area contributed by atoms with Crippen LogP contribution in [0.5, 0.6) is 0 Å². The van der Waals surface area contributed by atoms with Crippen LogP contribution in [-0.2, 0) is 9.47 Å². The zero-order valence-corrected chi connectivity index (χ0v) is 17.1. The Bertz CT molecular complexity index is 339. The molecule has 0 aliphatic carbocycles. The van der Waals surface area contributed by atoms with Gasteiger partial charge in [0.2, 0.25) is 0 Å². The van der Waals surface area contributed by atoms with Gasteiger partial charge in [-0.25, -0.2) is 0 Å². The van der Waals surface area contributed by atoms with E-state index in [4.69, 9.17) is 14.6 Å². The third-order valence-electron chi connectivity index (χ3n) is 5.38. The zero-order chi connectivity index (χ0) is 19.9. The Morgan fingerprint density at radius 3 is 1.63 bits per heavy atom. The van der Waals surface area contributed by atoms with Crippen LogP contribution >= 0.6 is 0 Å². The summed E-state index contributed by atoms with van der Waals surface area (Å²) in [7, 11) is 0. The molecule has 162 valence electrons. The largest absolute Gasteiger partial charge is 0.394 e. The number of hydrogen-bond donors (Lipinski definition) is 4. The van der Waals surface area contributed by atoms with Crippen molar-refractivity contribution in [1.29, 1.82) is 0 Å². The van der Waals surface area contributed by atoms with E-state index in [0.29, 0.717) is 6.61 Å². The topological polar surface area (TPSA) is 99.4 Å². The van der Waals surface area contributed by atoms with E-state index in [9.17, 15) is 15.3 Å². The highest BCUT2D eigenvalue weighted by Gasteiger charge is 2.43. The first-order valence-electron chi connectivity index (χ1n) is 11.0. The third-order valence-corrected chi connectivity index (χ3v) is 5.38. The van der Waals surface area contributed by atoms with Gasteiger partial charge in [0.15, 0.2) is 6.29 Å². The molecule has 4 N–H and O–H groups in total. The molecule has 1 rings (SSSR count). The third kappa shape index (κ3) is 10.2. The van der Waals surface area contributed by atoms with Crippen molar-refractivity contribution in [2.45, 2.75) is 121 Å². The maximum atomic E-state index is 9.88. The second-order valence-electron chi connectivity index (χ2n) is 7.81. The molecule has 1 saturated heterocycles. The Balaban J connectivity index is 1.92. The van der Waals surface area contributed by atoms with Crippen LogP contribution in [-0.4, -0.2) is 64.3 Å². The Labute approximate surface area is 164 Å². The van der Waals surface area contributed by atoms with Crippen LogP contribution in [0.15, 0.2) is 0 Å². The van der Waals surface area contributed by atoms with Gasteiger partial charge in [-0.1, -0.05) is 84.0 Å². The minimum atomic E-state index is -1.37. The minimum Gasteiger partial charge on any atom is -0.394 e. The van der Waals surface area contributed by atoms with Gasteiger partial charge in [-0.05, 0) is 6.42 Å². The average Bonchev–Trinajstić information content (AvgIpc) is 2.68. The maximum Gasteiger partial charge on any atom is 0.186 e. The molecule has 6 nitrogen and oxygen atoms in total. The number of rotatable bonds is 16. The second-order valence-corrected chi connectivity index (χ2v) is 7.81. The molecule has 5 atom stereocenters. The Morgan fingerprint density at radius 2 is 1.15 bits per heavy atom. The standard InChI is InChI=1S/C21H42O6/c1-2-3-4-5-6-7-8-9-10-11-12-13-14-15-26-21-20(25)19(24)18(23)17(16-22)27-21/h17-25H,2-16H2,1H3/t17-,18+,19+,20-,21-/m1/s1. The van der Waals surface area contributed by atoms with Crippen LogP contribution in [0.2, 0.25) is 0 Å². The van der Waals surface area contributed by atoms with Crippen LogP contribution in [0.25, 0.3) is 0 Å². The summed E-state index contributed by atoms with van der Waals surface area (Å²) in [6.45, 7) is 2.26. The van der Waals surface area contributed by atoms with Gasteiger partial charge in [-0.3, -0.25) is 0 Å². The van der Waals surface area contributed by atoms with Crippen LogP contribution in [0, 0.1) is 0 Å². The van der Waals surface area contributed by atoms with Gasteiger partial charge in [-0.15, -0.1) is 0 Å². The number of aliphatic hydroxyl groups excluding tert-OH is 4. The molecule has 0 unspecified atom stereocenters. The highest BCUT2D eigenvalue weighted by Crippen LogP contribution is 2.22. The summed E-state index contributed by atoms with van der Waals surface area (Å²) < 4.78 is 10.8. The number of aliphatic hydroxyl groups is 4. The van der Waals surface area contributed by atoms with Crippen LogP contribution in [0.3, 0.4) is 0 Å². The van der Waals surface area contributed by atoms with Gasteiger partial charge in [0.25, 0.3) is 0 Å². The minimum absolute atomic E-state index is 0.427. The van der Waals surface area contributed by atoms with E-state index >= 15 is 0 Å². The fraction of sp³-hybridized carbons (Fsp3) is 1.00. The molecular weight excluding hydrogens is 348 g/mol. The molecule has 0 bridgehead atoms. The number of unbranched alkanes of at least 4 members (excludes halogenated alkanes) is 12. The quantitative estimate of drug-likeness (QED) is 0.303. The van der Waals surface area contributed by atoms with Gasteiger partial charge in [0.1, 0.15) is 24.4 Å². The average molecular weight is 391 g/mol. The molecule has 0 aromatic rings. The lowest BCUT2D eigenvalue weighted by atomic mass is 9.99. The van der Waals surface area contributed by atoms with E-state index in [-0.39, 0.29) is 0 Å². The second kappa shape index (κ2) is 15.7. The predicted octanol–water partition coefficient (Wildman–Crippen LogP) is 2.89. The highest BCUT2D eigenvalue weighted by atomic mass is 16.7. The van der Waals surface area contributed by atoms with Crippen molar-refractivity contribution in [3.8, 4) is 0 Å². The van der Waals surface area contributed by atoms with E-state index in [1.54, 1.807) is 0 Å². The summed E-state index contributed by atoms with van der Waals surface area (Å²) in [4.78, 5) is 0. The molecule has 0 amide bonds. The molecule has 1 fully saturated rings. The smallest absolute Gasteiger partial charge is 0.186 e. The molecule has 0 spiro atoms. The van der Waals surface area contributed by atoms with Crippen molar-refractivity contribution < 1.29 is 29.9 Å². The first kappa shape index (κ1) is 24.8. The van der Waals surface area contributed by atoms with Crippen LogP contribution in [0.1, 0.15) is 90.4 Å². The van der Waals surface area contributed by atoms with Crippen molar-refractivity contribution in [1.82, 2.24) is 0 Å². The van der Waals surface area contributed by atoms with Crippen molar-refractivity contribution in [3.63, 3.8) is 0 Å². The fourth-order valence-electron chi connectivity index (χ4n) is 3.52. The molecule has 6 heteroatoms. The summed E-state index contributed by atoms with van der Waals surface area (Å²) in [6.07, 6.45) is 10.6. The number of hydrogen-bond acceptors (Lipinski definition) is 6. The van der Waals surface area contributed by atoms with Crippen LogP contribution in [0.4, 0.5) is 0 Å². The van der Waals surface area contributed by atoms with Gasteiger partial charge >= 0.3 is 0 Å². The molecule has 1 aliphatic rings. The first-order chi connectivity index (χ1) is 13.1. The number of ether oxygens (including phenoxy) is 2. The molecule has 0 radical (unpaired) electrons. The SMILES string of the molecule is CCCCCCCCCCCCCCCO[C@@H]1O[C@H](CO)[C@H](O)[C@H](O)[C@H]1O. The van der Waals surface area contributed by atoms with Crippen LogP contribution < -0.4 is 0 Å². The summed E-state index contributed by atoms with van der Waals surface area (Å²) in [5.41, 5.74) is 0. The van der Waals surface area contributed by atoms with Crippen molar-refractivity contribution in [3.05, 3.63) is 0 Å². The van der Waals surface area contributed by atoms with Gasteiger partial charge < -0.3 is 29.9 Å². The molecule has 0 aromatic heterocycles. The molecular formula is C21H42O6. The van der Waals surface area contributed by atoms with Crippen molar-refractivity contribution >= 4 is 0 Å². The van der Waals surface area contributed by atoms with Gasteiger partial charge in [0.05, 0.1) is 6.61 Å². The lowest BCUT2D eigenvalue weighted by molar-refractivity contribution is -0.301. The molecule has 0 saturated carbocycles. The summed E-state index contributed by atoms with van der Waals surface area (Å²) >= 11 is 0. The molecule has 1 heterocycles. The molecule has 27 heavy (non-hydrogen) atoms. The normalized spacial score (nSPS) is 28.6. The lowest BCUT2D eigenvalue weighted by Gasteiger charge is -2.39. The summed E-state index contributed by atoms with van der Waals surface area (Å²) in [6, 6.07) is 0. The Kier molecular flexibility index (Phi) is 14.4.